The lowest BCUT2D eigenvalue weighted by Crippen LogP contribution is -2.36. The van der Waals surface area contributed by atoms with Crippen molar-refractivity contribution in [2.24, 2.45) is 0 Å². The van der Waals surface area contributed by atoms with E-state index in [1.165, 1.54) is 12.8 Å². The normalized spacial score (nSPS) is 17.8. The Bertz CT molecular complexity index is 708. The summed E-state index contributed by atoms with van der Waals surface area (Å²) in [6.07, 6.45) is 4.05. The highest BCUT2D eigenvalue weighted by atomic mass is 16.7. The summed E-state index contributed by atoms with van der Waals surface area (Å²) in [5, 5.41) is 3.02. The van der Waals surface area contributed by atoms with Crippen molar-refractivity contribution in [3.8, 4) is 11.5 Å². The summed E-state index contributed by atoms with van der Waals surface area (Å²) < 4.78 is 16.2. The number of hydrogen-bond donors (Lipinski definition) is 1. The van der Waals surface area contributed by atoms with Crippen molar-refractivity contribution < 1.29 is 18.7 Å². The number of fused-ring (bicyclic) bond motifs is 1. The minimum atomic E-state index is -0.121. The highest BCUT2D eigenvalue weighted by Crippen LogP contribution is 2.32. The van der Waals surface area contributed by atoms with Gasteiger partial charge < -0.3 is 19.2 Å². The van der Waals surface area contributed by atoms with Gasteiger partial charge in [0.25, 0.3) is 5.91 Å². The van der Waals surface area contributed by atoms with Gasteiger partial charge in [-0.05, 0) is 56.3 Å². The van der Waals surface area contributed by atoms with Crippen LogP contribution in [0.1, 0.15) is 35.0 Å². The highest BCUT2D eigenvalue weighted by molar-refractivity contribution is 5.94. The van der Waals surface area contributed by atoms with Gasteiger partial charge >= 0.3 is 0 Å². The standard InChI is InChI=1S/C18H20N2O4/c21-18(13-5-6-16-17(10-13)24-12-23-16)19-11-14(15-4-3-9-22-15)20-7-1-2-8-20/h3-6,9-10,14H,1-2,7-8,11-12H2,(H,19,21)/t14-/m0/s1. The quantitative estimate of drug-likeness (QED) is 0.914. The monoisotopic (exact) mass is 328 g/mol. The van der Waals surface area contributed by atoms with Crippen LogP contribution in [0.4, 0.5) is 0 Å². The lowest BCUT2D eigenvalue weighted by Gasteiger charge is -2.26. The molecule has 1 aromatic carbocycles. The van der Waals surface area contributed by atoms with Gasteiger partial charge in [0.15, 0.2) is 11.5 Å². The molecule has 2 aliphatic heterocycles. The second kappa shape index (κ2) is 6.57. The van der Waals surface area contributed by atoms with E-state index in [4.69, 9.17) is 13.9 Å². The Hall–Kier alpha value is -2.47. The molecule has 1 N–H and O–H groups in total. The number of hydrogen-bond acceptors (Lipinski definition) is 5. The number of likely N-dealkylation sites (tertiary alicyclic amines) is 1. The van der Waals surface area contributed by atoms with E-state index in [2.05, 4.69) is 10.2 Å². The minimum absolute atomic E-state index is 0.0699. The molecule has 1 fully saturated rings. The topological polar surface area (TPSA) is 63.9 Å². The summed E-state index contributed by atoms with van der Waals surface area (Å²) in [6, 6.07) is 9.16. The van der Waals surface area contributed by atoms with Gasteiger partial charge in [-0.3, -0.25) is 9.69 Å². The molecule has 4 rings (SSSR count). The molecule has 0 saturated carbocycles. The molecule has 24 heavy (non-hydrogen) atoms. The molecule has 0 aliphatic carbocycles. The maximum atomic E-state index is 12.5. The van der Waals surface area contributed by atoms with Crippen LogP contribution in [0.25, 0.3) is 0 Å². The average Bonchev–Trinajstić information content (AvgIpc) is 3.36. The van der Waals surface area contributed by atoms with Gasteiger partial charge in [-0.1, -0.05) is 0 Å². The van der Waals surface area contributed by atoms with Gasteiger partial charge in [0.2, 0.25) is 6.79 Å². The van der Waals surface area contributed by atoms with Crippen molar-refractivity contribution in [1.29, 1.82) is 0 Å². The van der Waals surface area contributed by atoms with Crippen LogP contribution in [0.2, 0.25) is 0 Å². The van der Waals surface area contributed by atoms with Crippen molar-refractivity contribution in [2.75, 3.05) is 26.4 Å². The first-order valence-corrected chi connectivity index (χ1v) is 8.26. The number of furan rings is 1. The van der Waals surface area contributed by atoms with Gasteiger partial charge in [0, 0.05) is 12.1 Å². The zero-order chi connectivity index (χ0) is 16.4. The summed E-state index contributed by atoms with van der Waals surface area (Å²) in [5.41, 5.74) is 0.568. The number of carbonyl (C=O) groups excluding carboxylic acids is 1. The van der Waals surface area contributed by atoms with Crippen molar-refractivity contribution in [2.45, 2.75) is 18.9 Å². The van der Waals surface area contributed by atoms with Crippen LogP contribution < -0.4 is 14.8 Å². The van der Waals surface area contributed by atoms with Crippen molar-refractivity contribution >= 4 is 5.91 Å². The minimum Gasteiger partial charge on any atom is -0.468 e. The Morgan fingerprint density at radius 3 is 2.79 bits per heavy atom. The van der Waals surface area contributed by atoms with Gasteiger partial charge in [0.05, 0.1) is 12.3 Å². The predicted octanol–water partition coefficient (Wildman–Crippen LogP) is 2.58. The highest BCUT2D eigenvalue weighted by Gasteiger charge is 2.26. The second-order valence-corrected chi connectivity index (χ2v) is 6.05. The van der Waals surface area contributed by atoms with E-state index in [0.717, 1.165) is 18.8 Å². The van der Waals surface area contributed by atoms with Crippen LogP contribution >= 0.6 is 0 Å². The van der Waals surface area contributed by atoms with E-state index in [-0.39, 0.29) is 18.7 Å². The molecule has 1 aromatic heterocycles. The van der Waals surface area contributed by atoms with Crippen LogP contribution in [-0.4, -0.2) is 37.2 Å². The Balaban J connectivity index is 1.44. The molecule has 0 bridgehead atoms. The molecule has 2 aromatic rings. The van der Waals surface area contributed by atoms with Crippen molar-refractivity contribution in [3.05, 3.63) is 47.9 Å². The Morgan fingerprint density at radius 1 is 1.17 bits per heavy atom. The molecule has 1 amide bonds. The molecular weight excluding hydrogens is 308 g/mol. The molecule has 6 nitrogen and oxygen atoms in total. The van der Waals surface area contributed by atoms with E-state index in [0.29, 0.717) is 23.6 Å². The number of amides is 1. The number of rotatable bonds is 5. The third kappa shape index (κ3) is 2.97. The summed E-state index contributed by atoms with van der Waals surface area (Å²) >= 11 is 0. The zero-order valence-corrected chi connectivity index (χ0v) is 13.4. The van der Waals surface area contributed by atoms with Crippen molar-refractivity contribution in [1.82, 2.24) is 10.2 Å². The molecule has 0 radical (unpaired) electrons. The summed E-state index contributed by atoms with van der Waals surface area (Å²) in [4.78, 5) is 14.8. The predicted molar refractivity (Wildman–Crippen MR) is 87.2 cm³/mol. The Labute approximate surface area is 140 Å². The molecular formula is C18H20N2O4. The Morgan fingerprint density at radius 2 is 2.00 bits per heavy atom. The maximum Gasteiger partial charge on any atom is 0.251 e. The summed E-state index contributed by atoms with van der Waals surface area (Å²) in [6.45, 7) is 2.78. The van der Waals surface area contributed by atoms with E-state index in [1.807, 2.05) is 12.1 Å². The number of carbonyl (C=O) groups is 1. The zero-order valence-electron chi connectivity index (χ0n) is 13.4. The maximum absolute atomic E-state index is 12.5. The van der Waals surface area contributed by atoms with Gasteiger partial charge in [-0.15, -0.1) is 0 Å². The van der Waals surface area contributed by atoms with Crippen LogP contribution in [0.5, 0.6) is 11.5 Å². The first kappa shape index (κ1) is 15.1. The fraction of sp³-hybridized carbons (Fsp3) is 0.389. The second-order valence-electron chi connectivity index (χ2n) is 6.05. The number of nitrogens with zero attached hydrogens (tertiary/aromatic N) is 1. The van der Waals surface area contributed by atoms with Crippen LogP contribution in [0.15, 0.2) is 41.0 Å². The molecule has 1 atom stereocenters. The van der Waals surface area contributed by atoms with E-state index < -0.39 is 0 Å². The van der Waals surface area contributed by atoms with Gasteiger partial charge in [-0.25, -0.2) is 0 Å². The molecule has 0 spiro atoms. The Kier molecular flexibility index (Phi) is 4.13. The molecule has 0 unspecified atom stereocenters. The third-order valence-electron chi connectivity index (χ3n) is 4.54. The molecule has 6 heteroatoms. The van der Waals surface area contributed by atoms with Crippen LogP contribution in [0, 0.1) is 0 Å². The smallest absolute Gasteiger partial charge is 0.251 e. The van der Waals surface area contributed by atoms with Crippen LogP contribution in [-0.2, 0) is 0 Å². The number of benzene rings is 1. The van der Waals surface area contributed by atoms with E-state index in [9.17, 15) is 4.79 Å². The van der Waals surface area contributed by atoms with Gasteiger partial charge in [0.1, 0.15) is 5.76 Å². The van der Waals surface area contributed by atoms with E-state index >= 15 is 0 Å². The van der Waals surface area contributed by atoms with Crippen molar-refractivity contribution in [3.63, 3.8) is 0 Å². The number of nitrogens with one attached hydrogen (secondary N) is 1. The fourth-order valence-electron chi connectivity index (χ4n) is 3.27. The lowest BCUT2D eigenvalue weighted by molar-refractivity contribution is 0.0933. The molecule has 1 saturated heterocycles. The average molecular weight is 328 g/mol. The first-order valence-electron chi connectivity index (χ1n) is 8.26. The molecule has 126 valence electrons. The lowest BCUT2D eigenvalue weighted by atomic mass is 10.1. The molecule has 2 aliphatic rings. The summed E-state index contributed by atoms with van der Waals surface area (Å²) in [5.74, 6) is 2.06. The third-order valence-corrected chi connectivity index (χ3v) is 4.54. The van der Waals surface area contributed by atoms with E-state index in [1.54, 1.807) is 24.5 Å². The fourth-order valence-corrected chi connectivity index (χ4v) is 3.27. The SMILES string of the molecule is O=C(NC[C@@H](c1ccco1)N1CCCC1)c1ccc2c(c1)OCO2. The van der Waals surface area contributed by atoms with Crippen LogP contribution in [0.3, 0.4) is 0 Å². The first-order chi connectivity index (χ1) is 11.8. The summed E-state index contributed by atoms with van der Waals surface area (Å²) in [7, 11) is 0. The number of ether oxygens (including phenoxy) is 2. The van der Waals surface area contributed by atoms with Gasteiger partial charge in [-0.2, -0.15) is 0 Å². The molecule has 3 heterocycles. The largest absolute Gasteiger partial charge is 0.468 e.